The molecule has 0 saturated heterocycles. The van der Waals surface area contributed by atoms with Gasteiger partial charge in [0.1, 0.15) is 0 Å². The minimum atomic E-state index is -0.917. The molecule has 2 aromatic rings. The first-order valence-corrected chi connectivity index (χ1v) is 8.93. The number of hydrogen-bond donors (Lipinski definition) is 2. The molecule has 7 nitrogen and oxygen atoms in total. The standard InChI is InChI=1S/C20H19N3O4/c24-18(15-4-5-16(15)20(26)27)22-14-3-6-17-12(10-14)7-9-23(17)19(25)13-2-1-8-21-11-13/h1-3,6,8,10-11,15-16H,4-5,7,9H2,(H,22,24)(H,26,27). The summed E-state index contributed by atoms with van der Waals surface area (Å²) in [5.41, 5.74) is 2.97. The van der Waals surface area contributed by atoms with Crippen LogP contribution in [0, 0.1) is 11.8 Å². The zero-order valence-corrected chi connectivity index (χ0v) is 14.6. The predicted octanol–water partition coefficient (Wildman–Crippen LogP) is 2.33. The van der Waals surface area contributed by atoms with Gasteiger partial charge in [0.2, 0.25) is 5.91 Å². The molecule has 1 aliphatic carbocycles. The molecule has 138 valence electrons. The van der Waals surface area contributed by atoms with Crippen LogP contribution in [0.2, 0.25) is 0 Å². The fraction of sp³-hybridized carbons (Fsp3) is 0.300. The van der Waals surface area contributed by atoms with E-state index in [0.29, 0.717) is 37.1 Å². The fourth-order valence-electron chi connectivity index (χ4n) is 3.68. The van der Waals surface area contributed by atoms with Crippen LogP contribution >= 0.6 is 0 Å². The number of pyridine rings is 1. The van der Waals surface area contributed by atoms with Gasteiger partial charge in [0.25, 0.3) is 5.91 Å². The first-order chi connectivity index (χ1) is 13.0. The Bertz CT molecular complexity index is 913. The summed E-state index contributed by atoms with van der Waals surface area (Å²) in [6.45, 7) is 0.574. The number of carbonyl (C=O) groups is 3. The van der Waals surface area contributed by atoms with Crippen molar-refractivity contribution in [1.29, 1.82) is 0 Å². The van der Waals surface area contributed by atoms with Crippen molar-refractivity contribution in [2.45, 2.75) is 19.3 Å². The van der Waals surface area contributed by atoms with Crippen LogP contribution in [0.5, 0.6) is 0 Å². The largest absolute Gasteiger partial charge is 0.481 e. The summed E-state index contributed by atoms with van der Waals surface area (Å²) in [5.74, 6) is -2.33. The lowest BCUT2D eigenvalue weighted by Gasteiger charge is -2.31. The van der Waals surface area contributed by atoms with Crippen LogP contribution in [-0.4, -0.2) is 34.4 Å². The molecular formula is C20H19N3O4. The Morgan fingerprint density at radius 3 is 2.63 bits per heavy atom. The van der Waals surface area contributed by atoms with E-state index in [1.165, 1.54) is 0 Å². The van der Waals surface area contributed by atoms with E-state index in [-0.39, 0.29) is 11.8 Å². The maximum atomic E-state index is 12.7. The lowest BCUT2D eigenvalue weighted by Crippen LogP contribution is -2.41. The summed E-state index contributed by atoms with van der Waals surface area (Å²) in [5, 5.41) is 11.9. The van der Waals surface area contributed by atoms with E-state index in [0.717, 1.165) is 11.3 Å². The molecule has 2 amide bonds. The Balaban J connectivity index is 1.48. The van der Waals surface area contributed by atoms with Gasteiger partial charge >= 0.3 is 5.97 Å². The summed E-state index contributed by atoms with van der Waals surface area (Å²) in [7, 11) is 0. The zero-order valence-electron chi connectivity index (χ0n) is 14.6. The minimum Gasteiger partial charge on any atom is -0.481 e. The van der Waals surface area contributed by atoms with Gasteiger partial charge in [-0.3, -0.25) is 19.4 Å². The summed E-state index contributed by atoms with van der Waals surface area (Å²) < 4.78 is 0. The Labute approximate surface area is 156 Å². The number of hydrogen-bond acceptors (Lipinski definition) is 4. The van der Waals surface area contributed by atoms with Crippen molar-refractivity contribution < 1.29 is 19.5 Å². The molecular weight excluding hydrogens is 346 g/mol. The highest BCUT2D eigenvalue weighted by atomic mass is 16.4. The van der Waals surface area contributed by atoms with E-state index < -0.39 is 17.8 Å². The topological polar surface area (TPSA) is 99.6 Å². The molecule has 7 heteroatoms. The average molecular weight is 365 g/mol. The average Bonchev–Trinajstić information content (AvgIpc) is 3.03. The second-order valence-electron chi connectivity index (χ2n) is 6.91. The van der Waals surface area contributed by atoms with Gasteiger partial charge in [-0.1, -0.05) is 0 Å². The number of aromatic nitrogens is 1. The first-order valence-electron chi connectivity index (χ1n) is 8.93. The van der Waals surface area contributed by atoms with Crippen LogP contribution < -0.4 is 10.2 Å². The number of nitrogens with zero attached hydrogens (tertiary/aromatic N) is 2. The molecule has 1 aromatic carbocycles. The molecule has 27 heavy (non-hydrogen) atoms. The second-order valence-corrected chi connectivity index (χ2v) is 6.91. The van der Waals surface area contributed by atoms with Crippen LogP contribution in [-0.2, 0) is 16.0 Å². The molecule has 0 radical (unpaired) electrons. The van der Waals surface area contributed by atoms with E-state index in [1.807, 2.05) is 12.1 Å². The minimum absolute atomic E-state index is 0.0996. The van der Waals surface area contributed by atoms with Crippen LogP contribution in [0.1, 0.15) is 28.8 Å². The molecule has 2 unspecified atom stereocenters. The Morgan fingerprint density at radius 2 is 1.96 bits per heavy atom. The number of anilines is 2. The van der Waals surface area contributed by atoms with Gasteiger partial charge in [-0.15, -0.1) is 0 Å². The SMILES string of the molecule is O=C(O)C1CCC1C(=O)Nc1ccc2c(c1)CCN2C(=O)c1cccnc1. The van der Waals surface area contributed by atoms with E-state index in [4.69, 9.17) is 5.11 Å². The Hall–Kier alpha value is -3.22. The van der Waals surface area contributed by atoms with Gasteiger partial charge in [-0.2, -0.15) is 0 Å². The van der Waals surface area contributed by atoms with Gasteiger partial charge in [-0.05, 0) is 55.2 Å². The molecule has 2 aliphatic rings. The summed E-state index contributed by atoms with van der Waals surface area (Å²) >= 11 is 0. The number of amides is 2. The number of benzene rings is 1. The summed E-state index contributed by atoms with van der Waals surface area (Å²) in [4.78, 5) is 41.8. The van der Waals surface area contributed by atoms with E-state index in [2.05, 4.69) is 10.3 Å². The van der Waals surface area contributed by atoms with Crippen molar-refractivity contribution >= 4 is 29.2 Å². The highest BCUT2D eigenvalue weighted by Crippen LogP contribution is 2.36. The molecule has 1 fully saturated rings. The van der Waals surface area contributed by atoms with E-state index in [1.54, 1.807) is 35.5 Å². The monoisotopic (exact) mass is 365 g/mol. The Kier molecular flexibility index (Phi) is 4.35. The van der Waals surface area contributed by atoms with E-state index in [9.17, 15) is 14.4 Å². The van der Waals surface area contributed by atoms with Crippen LogP contribution in [0.4, 0.5) is 11.4 Å². The van der Waals surface area contributed by atoms with Gasteiger partial charge < -0.3 is 15.3 Å². The van der Waals surface area contributed by atoms with Crippen molar-refractivity contribution in [2.24, 2.45) is 11.8 Å². The molecule has 1 aromatic heterocycles. The fourth-order valence-corrected chi connectivity index (χ4v) is 3.68. The molecule has 2 heterocycles. The molecule has 2 atom stereocenters. The van der Waals surface area contributed by atoms with Crippen molar-refractivity contribution in [3.05, 3.63) is 53.9 Å². The highest BCUT2D eigenvalue weighted by Gasteiger charge is 2.41. The number of nitrogens with one attached hydrogen (secondary N) is 1. The third-order valence-corrected chi connectivity index (χ3v) is 5.32. The lowest BCUT2D eigenvalue weighted by atomic mass is 9.73. The van der Waals surface area contributed by atoms with Crippen LogP contribution in [0.3, 0.4) is 0 Å². The van der Waals surface area contributed by atoms with E-state index >= 15 is 0 Å². The van der Waals surface area contributed by atoms with Gasteiger partial charge in [0.15, 0.2) is 0 Å². The number of carboxylic acid groups (broad SMARTS) is 1. The van der Waals surface area contributed by atoms with Gasteiger partial charge in [0, 0.05) is 30.3 Å². The molecule has 1 saturated carbocycles. The molecule has 0 spiro atoms. The maximum Gasteiger partial charge on any atom is 0.307 e. The second kappa shape index (κ2) is 6.83. The number of carboxylic acids is 1. The smallest absolute Gasteiger partial charge is 0.307 e. The van der Waals surface area contributed by atoms with Crippen LogP contribution in [0.25, 0.3) is 0 Å². The van der Waals surface area contributed by atoms with Crippen molar-refractivity contribution in [1.82, 2.24) is 4.98 Å². The van der Waals surface area contributed by atoms with Crippen LogP contribution in [0.15, 0.2) is 42.7 Å². The highest BCUT2D eigenvalue weighted by molar-refractivity contribution is 6.07. The summed E-state index contributed by atoms with van der Waals surface area (Å²) in [6.07, 6.45) is 5.02. The first kappa shape index (κ1) is 17.2. The lowest BCUT2D eigenvalue weighted by molar-refractivity contribution is -0.151. The van der Waals surface area contributed by atoms with Gasteiger partial charge in [0.05, 0.1) is 17.4 Å². The third kappa shape index (κ3) is 3.16. The molecule has 4 rings (SSSR count). The quantitative estimate of drug-likeness (QED) is 0.866. The normalized spacial score (nSPS) is 20.5. The maximum absolute atomic E-state index is 12.7. The molecule has 2 N–H and O–H groups in total. The molecule has 1 aliphatic heterocycles. The number of aliphatic carboxylic acids is 1. The summed E-state index contributed by atoms with van der Waals surface area (Å²) in [6, 6.07) is 8.90. The van der Waals surface area contributed by atoms with Gasteiger partial charge in [-0.25, -0.2) is 0 Å². The zero-order chi connectivity index (χ0) is 19.0. The van der Waals surface area contributed by atoms with Crippen molar-refractivity contribution in [2.75, 3.05) is 16.8 Å². The molecule has 0 bridgehead atoms. The number of fused-ring (bicyclic) bond motifs is 1. The number of carbonyl (C=O) groups excluding carboxylic acids is 2. The third-order valence-electron chi connectivity index (χ3n) is 5.32. The number of rotatable bonds is 4. The van der Waals surface area contributed by atoms with Crippen molar-refractivity contribution in [3.8, 4) is 0 Å². The van der Waals surface area contributed by atoms with Crippen molar-refractivity contribution in [3.63, 3.8) is 0 Å². The predicted molar refractivity (Wildman–Crippen MR) is 98.5 cm³/mol. The Morgan fingerprint density at radius 1 is 1.15 bits per heavy atom.